The smallest absolute Gasteiger partial charge is 0.156 e. The van der Waals surface area contributed by atoms with E-state index >= 15 is 0 Å². The maximum Gasteiger partial charge on any atom is 0.156 e. The molecule has 3 atom stereocenters. The Kier molecular flexibility index (Phi) is 4.56. The normalized spacial score (nSPS) is 18.2. The highest BCUT2D eigenvalue weighted by Gasteiger charge is 2.36. The van der Waals surface area contributed by atoms with Crippen molar-refractivity contribution in [1.29, 1.82) is 0 Å². The molecule has 0 aromatic heterocycles. The van der Waals surface area contributed by atoms with Gasteiger partial charge in [-0.25, -0.2) is 9.82 Å². The number of nitrogens with one attached hydrogen (secondary N) is 1. The third kappa shape index (κ3) is 3.63. The van der Waals surface area contributed by atoms with E-state index in [1.807, 2.05) is 23.2 Å². The monoisotopic (exact) mass is 346 g/mol. The fourth-order valence-electron chi connectivity index (χ4n) is 2.56. The van der Waals surface area contributed by atoms with Crippen molar-refractivity contribution in [2.75, 3.05) is 5.01 Å². The molecular weight excluding hydrogens is 325 g/mol. The van der Waals surface area contributed by atoms with Crippen LogP contribution in [0.25, 0.3) is 5.70 Å². The van der Waals surface area contributed by atoms with Crippen molar-refractivity contribution in [2.24, 2.45) is 0 Å². The molecule has 0 aliphatic carbocycles. The van der Waals surface area contributed by atoms with E-state index in [1.54, 1.807) is 0 Å². The lowest BCUT2D eigenvalue weighted by molar-refractivity contribution is 0.351. The number of hydrogen-bond acceptors (Lipinski definition) is 2. The van der Waals surface area contributed by atoms with Gasteiger partial charge < -0.3 is 0 Å². The summed E-state index contributed by atoms with van der Waals surface area (Å²) in [7, 11) is 4.49. The van der Waals surface area contributed by atoms with Crippen LogP contribution in [0.15, 0.2) is 54.6 Å². The minimum atomic E-state index is -1.50. The average Bonchev–Trinajstić information content (AvgIpc) is 2.94. The largest absolute Gasteiger partial charge is 0.276 e. The molecule has 23 heavy (non-hydrogen) atoms. The molecule has 0 radical (unpaired) electrons. The van der Waals surface area contributed by atoms with Gasteiger partial charge in [0.05, 0.1) is 17.4 Å². The lowest BCUT2D eigenvalue weighted by Gasteiger charge is -2.27. The first kappa shape index (κ1) is 16.6. The van der Waals surface area contributed by atoms with Crippen LogP contribution in [-0.2, 0) is 0 Å². The van der Waals surface area contributed by atoms with Gasteiger partial charge in [-0.3, -0.25) is 5.01 Å². The Morgan fingerprint density at radius 2 is 1.48 bits per heavy atom. The van der Waals surface area contributed by atoms with E-state index in [0.717, 1.165) is 16.9 Å². The quantitative estimate of drug-likeness (QED) is 0.828. The molecule has 0 bridgehead atoms. The predicted octanol–water partition coefficient (Wildman–Crippen LogP) is 4.41. The maximum absolute atomic E-state index is 14.4. The van der Waals surface area contributed by atoms with Crippen LogP contribution in [-0.4, -0.2) is 11.2 Å². The highest BCUT2D eigenvalue weighted by molar-refractivity contribution is 7.39. The van der Waals surface area contributed by atoms with Gasteiger partial charge in [0, 0.05) is 0 Å². The summed E-state index contributed by atoms with van der Waals surface area (Å²) in [5, 5.41) is 0.451. The van der Waals surface area contributed by atoms with Crippen LogP contribution in [0.1, 0.15) is 16.7 Å². The van der Waals surface area contributed by atoms with Gasteiger partial charge in [0.25, 0.3) is 0 Å². The Hall–Kier alpha value is -1.27. The number of aryl methyl sites for hydroxylation is 2. The summed E-state index contributed by atoms with van der Waals surface area (Å²) in [4.78, 5) is 0. The van der Waals surface area contributed by atoms with Crippen LogP contribution in [0.3, 0.4) is 0 Å². The fraction of sp³-hybridized carbons (Fsp3) is 0.222. The van der Waals surface area contributed by atoms with Crippen LogP contribution >= 0.6 is 18.5 Å². The van der Waals surface area contributed by atoms with Crippen LogP contribution in [0.5, 0.6) is 0 Å². The number of anilines is 1. The van der Waals surface area contributed by atoms with Crippen molar-refractivity contribution in [1.82, 2.24) is 5.43 Å². The van der Waals surface area contributed by atoms with Crippen LogP contribution in [0.2, 0.25) is 0 Å². The predicted molar refractivity (Wildman–Crippen MR) is 103 cm³/mol. The molecule has 1 aliphatic rings. The molecule has 0 saturated carbocycles. The molecule has 0 saturated heterocycles. The number of benzene rings is 2. The maximum atomic E-state index is 14.4. The molecule has 2 aromatic carbocycles. The lowest BCUT2D eigenvalue weighted by Crippen LogP contribution is -2.43. The molecule has 0 fully saturated rings. The number of hydrazine groups is 1. The molecule has 120 valence electrons. The second kappa shape index (κ2) is 6.32. The van der Waals surface area contributed by atoms with E-state index in [2.05, 4.69) is 74.2 Å². The SMILES string of the molecule is Cc1ccc(C2=CC(C(F)(P)P)NN2c2ccc(C)cc2)cc1. The van der Waals surface area contributed by atoms with Crippen molar-refractivity contribution >= 4 is 29.9 Å². The first-order valence-corrected chi connectivity index (χ1v) is 8.68. The number of rotatable bonds is 3. The fourth-order valence-corrected chi connectivity index (χ4v) is 2.90. The Morgan fingerprint density at radius 1 is 0.957 bits per heavy atom. The van der Waals surface area contributed by atoms with E-state index < -0.39 is 11.2 Å². The second-order valence-electron chi connectivity index (χ2n) is 6.02. The average molecular weight is 346 g/mol. The van der Waals surface area contributed by atoms with E-state index in [-0.39, 0.29) is 0 Å². The Morgan fingerprint density at radius 3 is 2.00 bits per heavy atom. The van der Waals surface area contributed by atoms with Crippen LogP contribution in [0.4, 0.5) is 10.1 Å². The molecule has 0 spiro atoms. The molecule has 0 amide bonds. The lowest BCUT2D eigenvalue weighted by atomic mass is 10.1. The topological polar surface area (TPSA) is 15.3 Å². The molecule has 2 aromatic rings. The minimum Gasteiger partial charge on any atom is -0.276 e. The third-order valence-corrected chi connectivity index (χ3v) is 4.67. The molecule has 1 heterocycles. The van der Waals surface area contributed by atoms with E-state index in [1.165, 1.54) is 11.1 Å². The summed E-state index contributed by atoms with van der Waals surface area (Å²) >= 11 is 0. The second-order valence-corrected chi connectivity index (χ2v) is 8.46. The van der Waals surface area contributed by atoms with Gasteiger partial charge in [0.1, 0.15) is 0 Å². The molecule has 1 N–H and O–H groups in total. The molecular formula is C18H21FN2P2. The minimum absolute atomic E-state index is 0.435. The summed E-state index contributed by atoms with van der Waals surface area (Å²) in [6, 6.07) is 16.0. The number of nitrogens with zero attached hydrogens (tertiary/aromatic N) is 1. The standard InChI is InChI=1S/C18H21FN2P2/c1-12-3-7-14(8-4-12)16-11-17(18(19,22)23)20-21(16)15-9-5-13(2)6-10-15/h3-11,17,20H,22-23H2,1-2H3. The van der Waals surface area contributed by atoms with Gasteiger partial charge in [-0.05, 0) is 37.6 Å². The van der Waals surface area contributed by atoms with Crippen molar-refractivity contribution < 1.29 is 4.39 Å². The zero-order chi connectivity index (χ0) is 16.6. The third-order valence-electron chi connectivity index (χ3n) is 3.95. The van der Waals surface area contributed by atoms with Gasteiger partial charge in [-0.15, -0.1) is 0 Å². The van der Waals surface area contributed by atoms with Crippen LogP contribution < -0.4 is 10.4 Å². The van der Waals surface area contributed by atoms with Crippen LogP contribution in [0, 0.1) is 13.8 Å². The van der Waals surface area contributed by atoms with Crippen molar-refractivity contribution in [3.05, 3.63) is 71.3 Å². The summed E-state index contributed by atoms with van der Waals surface area (Å²) in [5.74, 6) is 0. The zero-order valence-electron chi connectivity index (χ0n) is 13.3. The molecule has 3 rings (SSSR count). The highest BCUT2D eigenvalue weighted by atomic mass is 31.1. The van der Waals surface area contributed by atoms with Crippen molar-refractivity contribution in [2.45, 2.75) is 25.0 Å². The van der Waals surface area contributed by atoms with Crippen molar-refractivity contribution in [3.8, 4) is 0 Å². The Bertz CT molecular complexity index is 718. The zero-order valence-corrected chi connectivity index (χ0v) is 15.6. The Balaban J connectivity index is 2.02. The number of alkyl halides is 1. The van der Waals surface area contributed by atoms with Gasteiger partial charge in [0.2, 0.25) is 0 Å². The van der Waals surface area contributed by atoms with E-state index in [9.17, 15) is 4.39 Å². The molecule has 2 nitrogen and oxygen atoms in total. The summed E-state index contributed by atoms with van der Waals surface area (Å²) in [5.41, 5.74) is 8.67. The number of hydrogen-bond donors (Lipinski definition) is 1. The molecule has 1 aliphatic heterocycles. The number of halogens is 1. The highest BCUT2D eigenvalue weighted by Crippen LogP contribution is 2.39. The summed E-state index contributed by atoms with van der Waals surface area (Å²) in [6.45, 7) is 4.11. The van der Waals surface area contributed by atoms with Gasteiger partial charge in [0.15, 0.2) is 5.15 Å². The summed E-state index contributed by atoms with van der Waals surface area (Å²) in [6.07, 6.45) is 1.94. The van der Waals surface area contributed by atoms with Gasteiger partial charge in [-0.1, -0.05) is 66.0 Å². The molecule has 3 unspecified atom stereocenters. The molecule has 5 heteroatoms. The van der Waals surface area contributed by atoms with E-state index in [4.69, 9.17) is 0 Å². The van der Waals surface area contributed by atoms with E-state index in [0.29, 0.717) is 0 Å². The Labute approximate surface area is 141 Å². The van der Waals surface area contributed by atoms with Gasteiger partial charge >= 0.3 is 0 Å². The van der Waals surface area contributed by atoms with Crippen molar-refractivity contribution in [3.63, 3.8) is 0 Å². The first-order valence-electron chi connectivity index (χ1n) is 7.53. The van der Waals surface area contributed by atoms with Gasteiger partial charge in [-0.2, -0.15) is 0 Å². The summed E-state index contributed by atoms with van der Waals surface area (Å²) < 4.78 is 14.4. The first-order chi connectivity index (χ1) is 10.8.